The number of hydrogen-bond acceptors (Lipinski definition) is 2. The average molecular weight is 365 g/mol. The van der Waals surface area contributed by atoms with Crippen LogP contribution in [0.5, 0.6) is 11.5 Å². The number of nitrogens with zero attached hydrogens (tertiary/aromatic N) is 2. The van der Waals surface area contributed by atoms with E-state index in [1.807, 2.05) is 54.7 Å². The summed E-state index contributed by atoms with van der Waals surface area (Å²) < 4.78 is 8.13. The van der Waals surface area contributed by atoms with Gasteiger partial charge in [0.15, 0.2) is 0 Å². The summed E-state index contributed by atoms with van der Waals surface area (Å²) in [6, 6.07) is 17.9. The zero-order valence-corrected chi connectivity index (χ0v) is 15.3. The van der Waals surface area contributed by atoms with Gasteiger partial charge in [0.2, 0.25) is 0 Å². The van der Waals surface area contributed by atoms with Gasteiger partial charge < -0.3 is 9.30 Å². The largest absolute Gasteiger partial charge is 0.456 e. The third kappa shape index (κ3) is 4.00. The third-order valence-corrected chi connectivity index (χ3v) is 5.06. The van der Waals surface area contributed by atoms with Crippen molar-refractivity contribution in [2.45, 2.75) is 31.7 Å². The molecule has 1 aliphatic rings. The van der Waals surface area contributed by atoms with Gasteiger partial charge in [-0.1, -0.05) is 36.6 Å². The number of rotatable bonds is 5. The number of aromatic nitrogens is 1. The first-order valence-corrected chi connectivity index (χ1v) is 9.40. The van der Waals surface area contributed by atoms with Gasteiger partial charge in [-0.05, 0) is 55.3 Å². The molecule has 1 saturated carbocycles. The molecule has 1 fully saturated rings. The Balaban J connectivity index is 1.41. The van der Waals surface area contributed by atoms with Crippen molar-refractivity contribution in [3.8, 4) is 11.5 Å². The Morgan fingerprint density at radius 2 is 1.77 bits per heavy atom. The second-order valence-electron chi connectivity index (χ2n) is 6.61. The zero-order chi connectivity index (χ0) is 17.8. The summed E-state index contributed by atoms with van der Waals surface area (Å²) in [5.41, 5.74) is 2.03. The van der Waals surface area contributed by atoms with Crippen LogP contribution < -0.4 is 4.74 Å². The van der Waals surface area contributed by atoms with Crippen molar-refractivity contribution < 1.29 is 4.74 Å². The number of ether oxygens (including phenoxy) is 1. The number of benzene rings is 2. The Morgan fingerprint density at radius 3 is 2.54 bits per heavy atom. The van der Waals surface area contributed by atoms with Crippen LogP contribution in [-0.2, 0) is 0 Å². The van der Waals surface area contributed by atoms with E-state index in [4.69, 9.17) is 16.3 Å². The molecule has 0 N–H and O–H groups in total. The molecular formula is C22H21ClN2O. The van der Waals surface area contributed by atoms with Gasteiger partial charge in [-0.25, -0.2) is 0 Å². The standard InChI is InChI=1S/C22H21ClN2O/c23-21-7-3-4-8-22(21)26-20-11-9-18(10-12-20)24-15-17-13-14-25(16-17)19-5-1-2-6-19/h3-4,7-16,19H,1-2,5-6H2. The fourth-order valence-corrected chi connectivity index (χ4v) is 3.51. The minimum Gasteiger partial charge on any atom is -0.456 e. The summed E-state index contributed by atoms with van der Waals surface area (Å²) in [4.78, 5) is 4.56. The molecule has 0 aliphatic heterocycles. The van der Waals surface area contributed by atoms with Crippen molar-refractivity contribution in [1.29, 1.82) is 0 Å². The lowest BCUT2D eigenvalue weighted by Gasteiger charge is -2.10. The van der Waals surface area contributed by atoms with Gasteiger partial charge >= 0.3 is 0 Å². The van der Waals surface area contributed by atoms with Gasteiger partial charge in [0.25, 0.3) is 0 Å². The van der Waals surface area contributed by atoms with E-state index in [2.05, 4.69) is 28.0 Å². The zero-order valence-electron chi connectivity index (χ0n) is 14.5. The number of hydrogen-bond donors (Lipinski definition) is 0. The molecule has 2 aromatic carbocycles. The molecule has 0 bridgehead atoms. The van der Waals surface area contributed by atoms with E-state index in [-0.39, 0.29) is 0 Å². The molecule has 0 atom stereocenters. The van der Waals surface area contributed by atoms with E-state index >= 15 is 0 Å². The van der Waals surface area contributed by atoms with Crippen LogP contribution in [0.3, 0.4) is 0 Å². The van der Waals surface area contributed by atoms with Crippen molar-refractivity contribution in [2.75, 3.05) is 0 Å². The van der Waals surface area contributed by atoms with Crippen LogP contribution in [0.15, 0.2) is 72.0 Å². The number of para-hydroxylation sites is 1. The maximum atomic E-state index is 6.12. The topological polar surface area (TPSA) is 26.5 Å². The van der Waals surface area contributed by atoms with Gasteiger partial charge in [-0.3, -0.25) is 4.99 Å². The molecule has 0 unspecified atom stereocenters. The Morgan fingerprint density at radius 1 is 1.00 bits per heavy atom. The molecule has 4 rings (SSSR count). The molecule has 1 heterocycles. The summed E-state index contributed by atoms with van der Waals surface area (Å²) in [7, 11) is 0. The summed E-state index contributed by atoms with van der Waals surface area (Å²) in [5, 5.41) is 0.598. The highest BCUT2D eigenvalue weighted by Crippen LogP contribution is 2.31. The highest BCUT2D eigenvalue weighted by Gasteiger charge is 2.15. The van der Waals surface area contributed by atoms with Crippen molar-refractivity contribution in [3.63, 3.8) is 0 Å². The highest BCUT2D eigenvalue weighted by atomic mass is 35.5. The Bertz CT molecular complexity index is 893. The molecule has 1 aromatic heterocycles. The van der Waals surface area contributed by atoms with Crippen molar-refractivity contribution in [2.24, 2.45) is 4.99 Å². The third-order valence-electron chi connectivity index (χ3n) is 4.75. The van der Waals surface area contributed by atoms with Crippen molar-refractivity contribution in [3.05, 3.63) is 77.6 Å². The number of aliphatic imine (C=N–C) groups is 1. The van der Waals surface area contributed by atoms with Crippen molar-refractivity contribution >= 4 is 23.5 Å². The smallest absolute Gasteiger partial charge is 0.146 e. The molecule has 4 heteroatoms. The Kier molecular flexibility index (Phi) is 5.07. The van der Waals surface area contributed by atoms with Gasteiger partial charge in [0, 0.05) is 30.2 Å². The van der Waals surface area contributed by atoms with Crippen LogP contribution in [0, 0.1) is 0 Å². The SMILES string of the molecule is Clc1ccccc1Oc1ccc(N=Cc2ccn(C3CCCC3)c2)cc1. The van der Waals surface area contributed by atoms with Gasteiger partial charge in [-0.2, -0.15) is 0 Å². The lowest BCUT2D eigenvalue weighted by Crippen LogP contribution is -2.00. The normalized spacial score (nSPS) is 15.0. The molecule has 3 nitrogen and oxygen atoms in total. The molecule has 0 saturated heterocycles. The molecule has 0 amide bonds. The summed E-state index contributed by atoms with van der Waals surface area (Å²) in [6.45, 7) is 0. The summed E-state index contributed by atoms with van der Waals surface area (Å²) in [6.07, 6.45) is 11.5. The Labute approximate surface area is 158 Å². The molecule has 132 valence electrons. The van der Waals surface area contributed by atoms with Crippen LogP contribution in [0.1, 0.15) is 37.3 Å². The van der Waals surface area contributed by atoms with E-state index in [1.54, 1.807) is 0 Å². The summed E-state index contributed by atoms with van der Waals surface area (Å²) >= 11 is 6.12. The fourth-order valence-electron chi connectivity index (χ4n) is 3.34. The van der Waals surface area contributed by atoms with Gasteiger partial charge in [-0.15, -0.1) is 0 Å². The predicted octanol–water partition coefficient (Wildman–Crippen LogP) is 6.80. The van der Waals surface area contributed by atoms with Crippen LogP contribution in [0.2, 0.25) is 5.02 Å². The minimum absolute atomic E-state index is 0.598. The molecule has 0 spiro atoms. The maximum Gasteiger partial charge on any atom is 0.146 e. The second kappa shape index (κ2) is 7.79. The van der Waals surface area contributed by atoms with Gasteiger partial charge in [0.1, 0.15) is 11.5 Å². The maximum absolute atomic E-state index is 6.12. The summed E-state index contributed by atoms with van der Waals surface area (Å²) in [5.74, 6) is 1.39. The lowest BCUT2D eigenvalue weighted by molar-refractivity contribution is 0.483. The molecule has 3 aromatic rings. The van der Waals surface area contributed by atoms with Crippen LogP contribution in [0.25, 0.3) is 0 Å². The minimum atomic E-state index is 0.598. The number of halogens is 1. The van der Waals surface area contributed by atoms with Crippen molar-refractivity contribution in [1.82, 2.24) is 4.57 Å². The highest BCUT2D eigenvalue weighted by molar-refractivity contribution is 6.32. The fraction of sp³-hybridized carbons (Fsp3) is 0.227. The van der Waals surface area contributed by atoms with E-state index < -0.39 is 0 Å². The van der Waals surface area contributed by atoms with E-state index in [1.165, 1.54) is 25.7 Å². The first-order valence-electron chi connectivity index (χ1n) is 9.02. The van der Waals surface area contributed by atoms with E-state index in [0.717, 1.165) is 17.0 Å². The second-order valence-corrected chi connectivity index (χ2v) is 7.02. The van der Waals surface area contributed by atoms with E-state index in [0.29, 0.717) is 16.8 Å². The first-order chi connectivity index (χ1) is 12.8. The quantitative estimate of drug-likeness (QED) is 0.457. The Hall–Kier alpha value is -2.52. The van der Waals surface area contributed by atoms with E-state index in [9.17, 15) is 0 Å². The molecule has 26 heavy (non-hydrogen) atoms. The first kappa shape index (κ1) is 16.9. The molecule has 1 aliphatic carbocycles. The molecular weight excluding hydrogens is 344 g/mol. The average Bonchev–Trinajstić information content (AvgIpc) is 3.34. The predicted molar refractivity (Wildman–Crippen MR) is 107 cm³/mol. The van der Waals surface area contributed by atoms with Crippen LogP contribution in [0.4, 0.5) is 5.69 Å². The monoisotopic (exact) mass is 364 g/mol. The lowest BCUT2D eigenvalue weighted by atomic mass is 10.2. The van der Waals surface area contributed by atoms with Crippen LogP contribution >= 0.6 is 11.6 Å². The molecule has 0 radical (unpaired) electrons. The van der Waals surface area contributed by atoms with Crippen LogP contribution in [-0.4, -0.2) is 10.8 Å². The van der Waals surface area contributed by atoms with Gasteiger partial charge in [0.05, 0.1) is 10.7 Å².